The first-order valence-corrected chi connectivity index (χ1v) is 7.39. The maximum Gasteiger partial charge on any atom is 0.221 e. The van der Waals surface area contributed by atoms with Crippen LogP contribution in [0.4, 0.5) is 5.69 Å². The van der Waals surface area contributed by atoms with E-state index in [0.717, 1.165) is 12.8 Å². The SMILES string of the molecule is O=C(CCNc1c(Cl)cccc1Cl)NC1CCCC1. The number of anilines is 1. The van der Waals surface area contributed by atoms with Gasteiger partial charge < -0.3 is 10.6 Å². The van der Waals surface area contributed by atoms with Gasteiger partial charge in [-0.2, -0.15) is 0 Å². The van der Waals surface area contributed by atoms with Crippen molar-refractivity contribution in [2.24, 2.45) is 0 Å². The zero-order valence-electron chi connectivity index (χ0n) is 10.7. The van der Waals surface area contributed by atoms with Crippen molar-refractivity contribution in [1.82, 2.24) is 5.32 Å². The van der Waals surface area contributed by atoms with Gasteiger partial charge in [-0.05, 0) is 25.0 Å². The van der Waals surface area contributed by atoms with E-state index in [4.69, 9.17) is 23.2 Å². The second-order valence-corrected chi connectivity index (χ2v) is 5.64. The zero-order valence-corrected chi connectivity index (χ0v) is 12.2. The third kappa shape index (κ3) is 4.29. The molecule has 1 fully saturated rings. The molecule has 1 aromatic carbocycles. The summed E-state index contributed by atoms with van der Waals surface area (Å²) in [6.45, 7) is 0.530. The first-order chi connectivity index (χ1) is 9.16. The second-order valence-electron chi connectivity index (χ2n) is 4.82. The molecule has 5 heteroatoms. The molecule has 0 saturated heterocycles. The van der Waals surface area contributed by atoms with E-state index in [2.05, 4.69) is 10.6 Å². The van der Waals surface area contributed by atoms with E-state index in [-0.39, 0.29) is 5.91 Å². The minimum absolute atomic E-state index is 0.0857. The highest BCUT2D eigenvalue weighted by molar-refractivity contribution is 6.39. The van der Waals surface area contributed by atoms with Crippen molar-refractivity contribution in [3.05, 3.63) is 28.2 Å². The van der Waals surface area contributed by atoms with E-state index < -0.39 is 0 Å². The maximum absolute atomic E-state index is 11.7. The summed E-state index contributed by atoms with van der Waals surface area (Å²) < 4.78 is 0. The number of carbonyl (C=O) groups excluding carboxylic acids is 1. The van der Waals surface area contributed by atoms with Crippen LogP contribution in [-0.2, 0) is 4.79 Å². The quantitative estimate of drug-likeness (QED) is 0.867. The minimum atomic E-state index is 0.0857. The molecular formula is C14H18Cl2N2O. The van der Waals surface area contributed by atoms with Crippen LogP contribution in [0.25, 0.3) is 0 Å². The molecule has 1 aliphatic carbocycles. The van der Waals surface area contributed by atoms with Crippen molar-refractivity contribution < 1.29 is 4.79 Å². The van der Waals surface area contributed by atoms with Crippen molar-refractivity contribution in [3.63, 3.8) is 0 Å². The topological polar surface area (TPSA) is 41.1 Å². The Labute approximate surface area is 123 Å². The molecule has 0 spiro atoms. The molecule has 1 aliphatic rings. The molecule has 0 atom stereocenters. The van der Waals surface area contributed by atoms with E-state index in [1.54, 1.807) is 18.2 Å². The summed E-state index contributed by atoms with van der Waals surface area (Å²) in [5.74, 6) is 0.0857. The van der Waals surface area contributed by atoms with Crippen molar-refractivity contribution >= 4 is 34.8 Å². The Morgan fingerprint density at radius 2 is 1.84 bits per heavy atom. The molecule has 2 N–H and O–H groups in total. The monoisotopic (exact) mass is 300 g/mol. The summed E-state index contributed by atoms with van der Waals surface area (Å²) in [6.07, 6.45) is 5.08. The van der Waals surface area contributed by atoms with Gasteiger partial charge in [-0.25, -0.2) is 0 Å². The zero-order chi connectivity index (χ0) is 13.7. The highest BCUT2D eigenvalue weighted by Crippen LogP contribution is 2.29. The lowest BCUT2D eigenvalue weighted by atomic mass is 10.2. The maximum atomic E-state index is 11.7. The molecule has 0 aromatic heterocycles. The first-order valence-electron chi connectivity index (χ1n) is 6.64. The number of benzene rings is 1. The molecule has 3 nitrogen and oxygen atoms in total. The molecule has 1 saturated carbocycles. The average molecular weight is 301 g/mol. The van der Waals surface area contributed by atoms with Crippen LogP contribution in [0, 0.1) is 0 Å². The van der Waals surface area contributed by atoms with Crippen LogP contribution in [0.5, 0.6) is 0 Å². The van der Waals surface area contributed by atoms with Crippen LogP contribution in [0.1, 0.15) is 32.1 Å². The molecule has 1 amide bonds. The summed E-state index contributed by atoms with van der Waals surface area (Å²) in [5, 5.41) is 7.31. The van der Waals surface area contributed by atoms with Crippen molar-refractivity contribution in [3.8, 4) is 0 Å². The number of amides is 1. The number of carbonyl (C=O) groups is 1. The average Bonchev–Trinajstić information content (AvgIpc) is 2.85. The van der Waals surface area contributed by atoms with Crippen LogP contribution in [0.3, 0.4) is 0 Å². The number of rotatable bonds is 5. The van der Waals surface area contributed by atoms with Gasteiger partial charge >= 0.3 is 0 Å². The predicted molar refractivity (Wildman–Crippen MR) is 80.0 cm³/mol. The molecule has 1 aromatic rings. The lowest BCUT2D eigenvalue weighted by Crippen LogP contribution is -2.33. The van der Waals surface area contributed by atoms with Crippen LogP contribution >= 0.6 is 23.2 Å². The van der Waals surface area contributed by atoms with Gasteiger partial charge in [0.15, 0.2) is 0 Å². The van der Waals surface area contributed by atoms with Crippen molar-refractivity contribution in [1.29, 1.82) is 0 Å². The minimum Gasteiger partial charge on any atom is -0.382 e. The Morgan fingerprint density at radius 3 is 2.47 bits per heavy atom. The van der Waals surface area contributed by atoms with E-state index >= 15 is 0 Å². The second kappa shape index (κ2) is 7.01. The number of halogens is 2. The summed E-state index contributed by atoms with van der Waals surface area (Å²) in [5.41, 5.74) is 0.694. The highest BCUT2D eigenvalue weighted by Gasteiger charge is 2.16. The van der Waals surface area contributed by atoms with Crippen LogP contribution in [-0.4, -0.2) is 18.5 Å². The summed E-state index contributed by atoms with van der Waals surface area (Å²) in [6, 6.07) is 5.71. The Kier molecular flexibility index (Phi) is 5.34. The molecule has 0 unspecified atom stereocenters. The van der Waals surface area contributed by atoms with E-state index in [1.165, 1.54) is 12.8 Å². The third-order valence-electron chi connectivity index (χ3n) is 3.34. The van der Waals surface area contributed by atoms with Crippen LogP contribution < -0.4 is 10.6 Å². The third-order valence-corrected chi connectivity index (χ3v) is 3.97. The van der Waals surface area contributed by atoms with Gasteiger partial charge in [0.05, 0.1) is 15.7 Å². The molecule has 0 heterocycles. The van der Waals surface area contributed by atoms with Gasteiger partial charge in [0, 0.05) is 19.0 Å². The van der Waals surface area contributed by atoms with Gasteiger partial charge in [-0.1, -0.05) is 42.1 Å². The first kappa shape index (κ1) is 14.5. The highest BCUT2D eigenvalue weighted by atomic mass is 35.5. The van der Waals surface area contributed by atoms with Gasteiger partial charge in [-0.15, -0.1) is 0 Å². The molecular weight excluding hydrogens is 283 g/mol. The lowest BCUT2D eigenvalue weighted by molar-refractivity contribution is -0.121. The fourth-order valence-corrected chi connectivity index (χ4v) is 2.87. The van der Waals surface area contributed by atoms with Gasteiger partial charge in [-0.3, -0.25) is 4.79 Å². The molecule has 19 heavy (non-hydrogen) atoms. The Balaban J connectivity index is 1.75. The Hall–Kier alpha value is -0.930. The summed E-state index contributed by atoms with van der Waals surface area (Å²) >= 11 is 12.1. The molecule has 2 rings (SSSR count). The van der Waals surface area contributed by atoms with Crippen LogP contribution in [0.15, 0.2) is 18.2 Å². The summed E-state index contributed by atoms with van der Waals surface area (Å²) in [4.78, 5) is 11.7. The number of hydrogen-bond donors (Lipinski definition) is 2. The van der Waals surface area contributed by atoms with Crippen molar-refractivity contribution in [2.45, 2.75) is 38.1 Å². The standard InChI is InChI=1S/C14H18Cl2N2O/c15-11-6-3-7-12(16)14(11)17-9-8-13(19)18-10-4-1-2-5-10/h3,6-7,10,17H,1-2,4-5,8-9H2,(H,18,19). The van der Waals surface area contributed by atoms with Gasteiger partial charge in [0.25, 0.3) is 0 Å². The normalized spacial score (nSPS) is 15.5. The largest absolute Gasteiger partial charge is 0.382 e. The van der Waals surface area contributed by atoms with Gasteiger partial charge in [0.2, 0.25) is 5.91 Å². The molecule has 104 valence electrons. The fraction of sp³-hybridized carbons (Fsp3) is 0.500. The van der Waals surface area contributed by atoms with Crippen molar-refractivity contribution in [2.75, 3.05) is 11.9 Å². The predicted octanol–water partition coefficient (Wildman–Crippen LogP) is 3.85. The number of para-hydroxylation sites is 1. The molecule has 0 radical (unpaired) electrons. The lowest BCUT2D eigenvalue weighted by Gasteiger charge is -2.13. The Morgan fingerprint density at radius 1 is 1.21 bits per heavy atom. The Bertz CT molecular complexity index is 425. The number of hydrogen-bond acceptors (Lipinski definition) is 2. The molecule has 0 bridgehead atoms. The fourth-order valence-electron chi connectivity index (χ4n) is 2.34. The smallest absolute Gasteiger partial charge is 0.221 e. The van der Waals surface area contributed by atoms with E-state index in [9.17, 15) is 4.79 Å². The van der Waals surface area contributed by atoms with E-state index in [0.29, 0.717) is 34.7 Å². The number of nitrogens with one attached hydrogen (secondary N) is 2. The van der Waals surface area contributed by atoms with E-state index in [1.807, 2.05) is 0 Å². The van der Waals surface area contributed by atoms with Gasteiger partial charge in [0.1, 0.15) is 0 Å². The van der Waals surface area contributed by atoms with Crippen LogP contribution in [0.2, 0.25) is 10.0 Å². The molecule has 0 aliphatic heterocycles. The summed E-state index contributed by atoms with van der Waals surface area (Å²) in [7, 11) is 0.